The molecular formula is C25H35N7. The highest BCUT2D eigenvalue weighted by molar-refractivity contribution is 5.94. The van der Waals surface area contributed by atoms with Crippen LogP contribution in [0.5, 0.6) is 0 Å². The largest absolute Gasteiger partial charge is 0.354 e. The van der Waals surface area contributed by atoms with Gasteiger partial charge in [-0.25, -0.2) is 4.98 Å². The van der Waals surface area contributed by atoms with Gasteiger partial charge < -0.3 is 20.4 Å². The average Bonchev–Trinajstić information content (AvgIpc) is 2.80. The number of nitrogens with one attached hydrogen (secondary N) is 2. The highest BCUT2D eigenvalue weighted by atomic mass is 15.5. The van der Waals surface area contributed by atoms with E-state index in [1.54, 1.807) is 0 Å². The zero-order valence-electron chi connectivity index (χ0n) is 19.8. The summed E-state index contributed by atoms with van der Waals surface area (Å²) in [5.74, 6) is 2.98. The van der Waals surface area contributed by atoms with Gasteiger partial charge in [0.1, 0.15) is 17.5 Å². The number of rotatable bonds is 4. The Kier molecular flexibility index (Phi) is 6.37. The molecule has 1 fully saturated rings. The molecule has 0 spiro atoms. The van der Waals surface area contributed by atoms with Crippen LogP contribution >= 0.6 is 0 Å². The predicted octanol–water partition coefficient (Wildman–Crippen LogP) is 3.30. The van der Waals surface area contributed by atoms with Crippen molar-refractivity contribution in [2.24, 2.45) is 4.99 Å². The molecule has 4 rings (SSSR count). The van der Waals surface area contributed by atoms with Gasteiger partial charge in [-0.15, -0.1) is 0 Å². The van der Waals surface area contributed by atoms with Crippen LogP contribution in [-0.4, -0.2) is 67.2 Å². The van der Waals surface area contributed by atoms with E-state index in [9.17, 15) is 0 Å². The molecule has 1 saturated heterocycles. The summed E-state index contributed by atoms with van der Waals surface area (Å²) < 4.78 is 0. The maximum Gasteiger partial charge on any atom is 0.160 e. The fourth-order valence-electron chi connectivity index (χ4n) is 4.39. The van der Waals surface area contributed by atoms with Gasteiger partial charge in [0.15, 0.2) is 6.29 Å². The van der Waals surface area contributed by atoms with E-state index in [0.717, 1.165) is 49.3 Å². The Hall–Kier alpha value is -3.06. The molecule has 1 unspecified atom stereocenters. The van der Waals surface area contributed by atoms with Gasteiger partial charge in [0.25, 0.3) is 0 Å². The van der Waals surface area contributed by atoms with Gasteiger partial charge in [-0.3, -0.25) is 9.89 Å². The number of aliphatic imine (C=N–C) groups is 1. The first-order valence-electron chi connectivity index (χ1n) is 11.3. The van der Waals surface area contributed by atoms with Gasteiger partial charge in [-0.1, -0.05) is 45.0 Å². The fraction of sp³-hybridized carbons (Fsp3) is 0.440. The summed E-state index contributed by atoms with van der Waals surface area (Å²) in [5.41, 5.74) is 2.47. The van der Waals surface area contributed by atoms with Crippen molar-refractivity contribution in [1.29, 1.82) is 0 Å². The standard InChI is InChI=1S/C25H35N7/c1-25(2,3)19-10-6-7-11-20(19)28-21-18-23(26-4)30(5)24(29-21)32-16-14-31(15-17-32)22-12-8-9-13-27-22/h6-13,18,24,28-29H,14-17H2,1-5H3. The molecule has 7 heteroatoms. The molecule has 0 amide bonds. The van der Waals surface area contributed by atoms with Crippen LogP contribution in [0.3, 0.4) is 0 Å². The lowest BCUT2D eigenvalue weighted by molar-refractivity contribution is 0.0772. The van der Waals surface area contributed by atoms with Crippen LogP contribution in [0.2, 0.25) is 0 Å². The van der Waals surface area contributed by atoms with Crippen molar-refractivity contribution in [2.75, 3.05) is 50.5 Å². The summed E-state index contributed by atoms with van der Waals surface area (Å²) in [6, 6.07) is 14.6. The molecule has 1 aromatic heterocycles. The van der Waals surface area contributed by atoms with Crippen molar-refractivity contribution in [3.63, 3.8) is 0 Å². The smallest absolute Gasteiger partial charge is 0.160 e. The van der Waals surface area contributed by atoms with Crippen molar-refractivity contribution in [2.45, 2.75) is 32.5 Å². The Balaban J connectivity index is 1.49. The second-order valence-corrected chi connectivity index (χ2v) is 9.40. The summed E-state index contributed by atoms with van der Waals surface area (Å²) in [6.45, 7) is 10.5. The van der Waals surface area contributed by atoms with Crippen molar-refractivity contribution in [3.05, 3.63) is 66.1 Å². The van der Waals surface area contributed by atoms with E-state index in [-0.39, 0.29) is 11.7 Å². The van der Waals surface area contributed by atoms with Crippen LogP contribution in [0, 0.1) is 0 Å². The first kappa shape index (κ1) is 22.1. The predicted molar refractivity (Wildman–Crippen MR) is 133 cm³/mol. The Morgan fingerprint density at radius 2 is 1.75 bits per heavy atom. The topological polar surface area (TPSA) is 59.0 Å². The van der Waals surface area contributed by atoms with Crippen LogP contribution in [0.4, 0.5) is 11.5 Å². The van der Waals surface area contributed by atoms with E-state index in [4.69, 9.17) is 0 Å². The van der Waals surface area contributed by atoms with E-state index >= 15 is 0 Å². The molecule has 0 aliphatic carbocycles. The van der Waals surface area contributed by atoms with Crippen LogP contribution in [-0.2, 0) is 5.41 Å². The number of piperazine rings is 1. The number of likely N-dealkylation sites (N-methyl/N-ethyl adjacent to an activating group) is 1. The minimum atomic E-state index is 0.0360. The highest BCUT2D eigenvalue weighted by Gasteiger charge is 2.31. The van der Waals surface area contributed by atoms with E-state index in [2.05, 4.69) is 99.5 Å². The molecule has 1 aromatic carbocycles. The molecule has 2 aliphatic heterocycles. The molecule has 170 valence electrons. The molecule has 0 radical (unpaired) electrons. The maximum atomic E-state index is 4.54. The number of anilines is 2. The number of para-hydroxylation sites is 1. The van der Waals surface area contributed by atoms with Crippen LogP contribution in [0.1, 0.15) is 26.3 Å². The molecule has 7 nitrogen and oxygen atoms in total. The van der Waals surface area contributed by atoms with Gasteiger partial charge in [0.2, 0.25) is 0 Å². The summed E-state index contributed by atoms with van der Waals surface area (Å²) in [5, 5.41) is 7.35. The second kappa shape index (κ2) is 9.20. The lowest BCUT2D eigenvalue weighted by Gasteiger charge is -2.46. The SMILES string of the molecule is CN=C1C=C(Nc2ccccc2C(C)(C)C)NC(N2CCN(c3ccccn3)CC2)N1C. The first-order valence-corrected chi connectivity index (χ1v) is 11.3. The van der Waals surface area contributed by atoms with E-state index in [1.165, 1.54) is 5.56 Å². The lowest BCUT2D eigenvalue weighted by Crippen LogP contribution is -2.63. The molecule has 32 heavy (non-hydrogen) atoms. The Morgan fingerprint density at radius 3 is 2.41 bits per heavy atom. The minimum Gasteiger partial charge on any atom is -0.354 e. The number of benzene rings is 1. The van der Waals surface area contributed by atoms with Crippen molar-refractivity contribution in [3.8, 4) is 0 Å². The van der Waals surface area contributed by atoms with Crippen LogP contribution in [0.15, 0.2) is 65.6 Å². The number of amidine groups is 1. The lowest BCUT2D eigenvalue weighted by atomic mass is 9.86. The Labute approximate surface area is 191 Å². The molecule has 0 bridgehead atoms. The van der Waals surface area contributed by atoms with Gasteiger partial charge in [0, 0.05) is 58.2 Å². The molecule has 1 atom stereocenters. The van der Waals surface area contributed by atoms with E-state index in [1.807, 2.05) is 25.4 Å². The zero-order valence-corrected chi connectivity index (χ0v) is 19.8. The van der Waals surface area contributed by atoms with Crippen LogP contribution < -0.4 is 15.5 Å². The van der Waals surface area contributed by atoms with Gasteiger partial charge in [-0.2, -0.15) is 0 Å². The molecular weight excluding hydrogens is 398 g/mol. The van der Waals surface area contributed by atoms with Crippen LogP contribution in [0.25, 0.3) is 0 Å². The first-order chi connectivity index (χ1) is 15.4. The number of hydrogen-bond donors (Lipinski definition) is 2. The fourth-order valence-corrected chi connectivity index (χ4v) is 4.39. The zero-order chi connectivity index (χ0) is 22.7. The number of nitrogens with zero attached hydrogens (tertiary/aromatic N) is 5. The van der Waals surface area contributed by atoms with Crippen molar-refractivity contribution < 1.29 is 0 Å². The third-order valence-electron chi connectivity index (χ3n) is 6.15. The number of pyridine rings is 1. The molecule has 2 aromatic rings. The van der Waals surface area contributed by atoms with E-state index in [0.29, 0.717) is 0 Å². The third kappa shape index (κ3) is 4.72. The van der Waals surface area contributed by atoms with Gasteiger partial charge >= 0.3 is 0 Å². The van der Waals surface area contributed by atoms with Gasteiger partial charge in [-0.05, 0) is 29.2 Å². The number of hydrogen-bond acceptors (Lipinski definition) is 6. The van der Waals surface area contributed by atoms with E-state index < -0.39 is 0 Å². The molecule has 2 aliphatic rings. The normalized spacial score (nSPS) is 21.3. The Bertz CT molecular complexity index is 969. The van der Waals surface area contributed by atoms with Crippen molar-refractivity contribution >= 4 is 17.3 Å². The molecule has 2 N–H and O–H groups in total. The van der Waals surface area contributed by atoms with Gasteiger partial charge in [0.05, 0.1) is 0 Å². The second-order valence-electron chi connectivity index (χ2n) is 9.40. The summed E-state index contributed by atoms with van der Waals surface area (Å²) in [6.07, 6.45) is 3.98. The molecule has 3 heterocycles. The summed E-state index contributed by atoms with van der Waals surface area (Å²) in [7, 11) is 3.95. The average molecular weight is 434 g/mol. The number of aromatic nitrogens is 1. The van der Waals surface area contributed by atoms with Crippen molar-refractivity contribution in [1.82, 2.24) is 20.1 Å². The highest BCUT2D eigenvalue weighted by Crippen LogP contribution is 2.30. The summed E-state index contributed by atoms with van der Waals surface area (Å²) >= 11 is 0. The summed E-state index contributed by atoms with van der Waals surface area (Å²) in [4.78, 5) is 16.1. The minimum absolute atomic E-state index is 0.0360. The Morgan fingerprint density at radius 1 is 1.03 bits per heavy atom. The third-order valence-corrected chi connectivity index (χ3v) is 6.15. The monoisotopic (exact) mass is 433 g/mol. The maximum absolute atomic E-state index is 4.54. The molecule has 0 saturated carbocycles. The quantitative estimate of drug-likeness (QED) is 0.772.